The molecule has 0 aliphatic rings. The van der Waals surface area contributed by atoms with Gasteiger partial charge in [-0.2, -0.15) is 4.31 Å². The maximum Gasteiger partial charge on any atom is 0.261 e. The summed E-state index contributed by atoms with van der Waals surface area (Å²) in [5.74, 6) is 0. The van der Waals surface area contributed by atoms with Gasteiger partial charge >= 0.3 is 0 Å². The molecule has 118 valence electrons. The standard InChI is InChI=1S/C15H18BrN3O2S/c16-14-7-4-10-18-15(14)22(20,21)19(12-9-17)11-8-13-5-2-1-3-6-13/h1-7,10H,8-9,11-12,17H2. The second kappa shape index (κ2) is 7.82. The first-order chi connectivity index (χ1) is 10.6. The normalized spacial score (nSPS) is 11.8. The van der Waals surface area contributed by atoms with Gasteiger partial charge in [0.05, 0.1) is 4.47 Å². The maximum absolute atomic E-state index is 12.7. The van der Waals surface area contributed by atoms with E-state index in [9.17, 15) is 8.42 Å². The summed E-state index contributed by atoms with van der Waals surface area (Å²) in [7, 11) is -3.67. The third-order valence-electron chi connectivity index (χ3n) is 3.18. The van der Waals surface area contributed by atoms with Crippen molar-refractivity contribution < 1.29 is 8.42 Å². The minimum atomic E-state index is -3.67. The predicted octanol–water partition coefficient (Wildman–Crippen LogP) is 2.04. The minimum absolute atomic E-state index is 0.0245. The number of aromatic nitrogens is 1. The van der Waals surface area contributed by atoms with Crippen LogP contribution in [0.4, 0.5) is 0 Å². The highest BCUT2D eigenvalue weighted by Gasteiger charge is 2.27. The van der Waals surface area contributed by atoms with Crippen LogP contribution in [-0.4, -0.2) is 37.3 Å². The van der Waals surface area contributed by atoms with Crippen LogP contribution >= 0.6 is 15.9 Å². The SMILES string of the molecule is NCCN(CCc1ccccc1)S(=O)(=O)c1ncccc1Br. The Morgan fingerprint density at radius 2 is 1.82 bits per heavy atom. The number of pyridine rings is 1. The Morgan fingerprint density at radius 3 is 2.45 bits per heavy atom. The largest absolute Gasteiger partial charge is 0.329 e. The summed E-state index contributed by atoms with van der Waals surface area (Å²) < 4.78 is 27.3. The van der Waals surface area contributed by atoms with E-state index in [1.165, 1.54) is 10.5 Å². The third kappa shape index (κ3) is 4.13. The second-order valence-electron chi connectivity index (χ2n) is 4.72. The highest BCUT2D eigenvalue weighted by molar-refractivity contribution is 9.10. The molecule has 0 fully saturated rings. The zero-order valence-corrected chi connectivity index (χ0v) is 14.4. The van der Waals surface area contributed by atoms with Crippen molar-refractivity contribution in [2.75, 3.05) is 19.6 Å². The van der Waals surface area contributed by atoms with E-state index in [0.29, 0.717) is 17.4 Å². The summed E-state index contributed by atoms with van der Waals surface area (Å²) in [6.45, 7) is 0.892. The Balaban J connectivity index is 2.21. The molecule has 22 heavy (non-hydrogen) atoms. The van der Waals surface area contributed by atoms with Crippen molar-refractivity contribution in [1.29, 1.82) is 0 Å². The highest BCUT2D eigenvalue weighted by atomic mass is 79.9. The molecule has 1 heterocycles. The summed E-state index contributed by atoms with van der Waals surface area (Å²) >= 11 is 3.25. The summed E-state index contributed by atoms with van der Waals surface area (Å²) in [5.41, 5.74) is 6.66. The van der Waals surface area contributed by atoms with Crippen LogP contribution in [0, 0.1) is 0 Å². The molecule has 1 aromatic heterocycles. The van der Waals surface area contributed by atoms with Crippen molar-refractivity contribution >= 4 is 26.0 Å². The van der Waals surface area contributed by atoms with E-state index in [1.54, 1.807) is 12.1 Å². The summed E-state index contributed by atoms with van der Waals surface area (Å²) in [6, 6.07) is 13.1. The molecule has 0 saturated carbocycles. The van der Waals surface area contributed by atoms with E-state index in [4.69, 9.17) is 5.73 Å². The fourth-order valence-electron chi connectivity index (χ4n) is 2.08. The Kier molecular flexibility index (Phi) is 6.07. The lowest BCUT2D eigenvalue weighted by molar-refractivity contribution is 0.419. The van der Waals surface area contributed by atoms with Crippen LogP contribution < -0.4 is 5.73 Å². The Bertz CT molecular complexity index is 708. The van der Waals surface area contributed by atoms with Crippen LogP contribution in [0.1, 0.15) is 5.56 Å². The second-order valence-corrected chi connectivity index (χ2v) is 7.43. The molecule has 0 radical (unpaired) electrons. The van der Waals surface area contributed by atoms with Gasteiger partial charge in [-0.15, -0.1) is 0 Å². The van der Waals surface area contributed by atoms with Gasteiger partial charge in [0.25, 0.3) is 10.0 Å². The molecular formula is C15H18BrN3O2S. The molecule has 0 aliphatic carbocycles. The molecule has 7 heteroatoms. The van der Waals surface area contributed by atoms with Crippen molar-refractivity contribution in [3.8, 4) is 0 Å². The van der Waals surface area contributed by atoms with Crippen LogP contribution in [0.3, 0.4) is 0 Å². The molecule has 0 saturated heterocycles. The zero-order valence-electron chi connectivity index (χ0n) is 12.0. The lowest BCUT2D eigenvalue weighted by atomic mass is 10.1. The number of hydrogen-bond donors (Lipinski definition) is 1. The van der Waals surface area contributed by atoms with Crippen molar-refractivity contribution in [2.45, 2.75) is 11.4 Å². The highest BCUT2D eigenvalue weighted by Crippen LogP contribution is 2.22. The molecule has 5 nitrogen and oxygen atoms in total. The average molecular weight is 384 g/mol. The van der Waals surface area contributed by atoms with E-state index < -0.39 is 10.0 Å². The lowest BCUT2D eigenvalue weighted by Crippen LogP contribution is -2.37. The number of rotatable bonds is 7. The molecule has 2 N–H and O–H groups in total. The number of sulfonamides is 1. The summed E-state index contributed by atoms with van der Waals surface area (Å²) in [5, 5.41) is 0.0245. The molecule has 0 atom stereocenters. The molecule has 0 bridgehead atoms. The summed E-state index contributed by atoms with van der Waals surface area (Å²) in [4.78, 5) is 3.99. The average Bonchev–Trinajstić information content (AvgIpc) is 2.52. The van der Waals surface area contributed by atoms with E-state index in [1.807, 2.05) is 30.3 Å². The number of nitrogens with two attached hydrogens (primary N) is 1. The quantitative estimate of drug-likeness (QED) is 0.793. The van der Waals surface area contributed by atoms with E-state index in [2.05, 4.69) is 20.9 Å². The monoisotopic (exact) mass is 383 g/mol. The lowest BCUT2D eigenvalue weighted by Gasteiger charge is -2.21. The smallest absolute Gasteiger partial charge is 0.261 e. The van der Waals surface area contributed by atoms with Crippen molar-refractivity contribution in [2.24, 2.45) is 5.73 Å². The Hall–Kier alpha value is -1.28. The third-order valence-corrected chi connectivity index (χ3v) is 5.94. The first-order valence-electron chi connectivity index (χ1n) is 6.90. The van der Waals surface area contributed by atoms with Gasteiger partial charge in [-0.25, -0.2) is 13.4 Å². The maximum atomic E-state index is 12.7. The van der Waals surface area contributed by atoms with Gasteiger partial charge in [-0.3, -0.25) is 0 Å². The van der Waals surface area contributed by atoms with E-state index in [0.717, 1.165) is 5.56 Å². The van der Waals surface area contributed by atoms with Gasteiger partial charge in [-0.1, -0.05) is 30.3 Å². The Morgan fingerprint density at radius 1 is 1.09 bits per heavy atom. The minimum Gasteiger partial charge on any atom is -0.329 e. The van der Waals surface area contributed by atoms with Crippen LogP contribution in [0.15, 0.2) is 58.2 Å². The fraction of sp³-hybridized carbons (Fsp3) is 0.267. The van der Waals surface area contributed by atoms with Crippen molar-refractivity contribution in [1.82, 2.24) is 9.29 Å². The number of benzene rings is 1. The first-order valence-corrected chi connectivity index (χ1v) is 9.13. The Labute approximate surface area is 139 Å². The molecule has 2 rings (SSSR count). The van der Waals surface area contributed by atoms with Gasteiger partial charge in [0.15, 0.2) is 5.03 Å². The van der Waals surface area contributed by atoms with E-state index in [-0.39, 0.29) is 18.1 Å². The zero-order chi connectivity index (χ0) is 16.0. The first kappa shape index (κ1) is 17.1. The van der Waals surface area contributed by atoms with Crippen LogP contribution in [0.2, 0.25) is 0 Å². The van der Waals surface area contributed by atoms with Crippen LogP contribution in [-0.2, 0) is 16.4 Å². The van der Waals surface area contributed by atoms with Crippen LogP contribution in [0.5, 0.6) is 0 Å². The molecule has 2 aromatic rings. The van der Waals surface area contributed by atoms with Crippen molar-refractivity contribution in [3.63, 3.8) is 0 Å². The van der Waals surface area contributed by atoms with Gasteiger partial charge in [0.2, 0.25) is 0 Å². The fourth-order valence-corrected chi connectivity index (χ4v) is 4.38. The number of halogens is 1. The topological polar surface area (TPSA) is 76.3 Å². The van der Waals surface area contributed by atoms with Gasteiger partial charge < -0.3 is 5.73 Å². The molecule has 0 aliphatic heterocycles. The molecular weight excluding hydrogens is 366 g/mol. The molecule has 1 aromatic carbocycles. The molecule has 0 unspecified atom stereocenters. The molecule has 0 amide bonds. The number of hydrogen-bond acceptors (Lipinski definition) is 4. The van der Waals surface area contributed by atoms with Crippen molar-refractivity contribution in [3.05, 3.63) is 58.7 Å². The predicted molar refractivity (Wildman–Crippen MR) is 89.9 cm³/mol. The van der Waals surface area contributed by atoms with Gasteiger partial charge in [0, 0.05) is 25.8 Å². The van der Waals surface area contributed by atoms with E-state index >= 15 is 0 Å². The molecule has 0 spiro atoms. The van der Waals surface area contributed by atoms with Crippen LogP contribution in [0.25, 0.3) is 0 Å². The summed E-state index contributed by atoms with van der Waals surface area (Å²) in [6.07, 6.45) is 2.10. The van der Waals surface area contributed by atoms with Gasteiger partial charge in [0.1, 0.15) is 0 Å². The van der Waals surface area contributed by atoms with Gasteiger partial charge in [-0.05, 0) is 40.0 Å². The number of nitrogens with zero attached hydrogens (tertiary/aromatic N) is 2.